The van der Waals surface area contributed by atoms with Gasteiger partial charge < -0.3 is 5.73 Å². The first-order chi connectivity index (χ1) is 7.65. The maximum Gasteiger partial charge on any atom is 0.250 e. The van der Waals surface area contributed by atoms with Crippen LogP contribution in [0.5, 0.6) is 0 Å². The summed E-state index contributed by atoms with van der Waals surface area (Å²) in [6.45, 7) is 2.08. The summed E-state index contributed by atoms with van der Waals surface area (Å²) in [5, 5.41) is 0. The normalized spacial score (nSPS) is 9.38. The fraction of sp³-hybridized carbons (Fsp3) is 0.308. The first kappa shape index (κ1) is 12.3. The van der Waals surface area contributed by atoms with Gasteiger partial charge in [-0.15, -0.1) is 0 Å². The highest BCUT2D eigenvalue weighted by Gasteiger charge is 2.07. The van der Waals surface area contributed by atoms with Crippen molar-refractivity contribution in [3.05, 3.63) is 35.1 Å². The van der Waals surface area contributed by atoms with E-state index in [4.69, 9.17) is 5.73 Å². The number of halogens is 1. The van der Waals surface area contributed by atoms with E-state index < -0.39 is 11.7 Å². The predicted molar refractivity (Wildman–Crippen MR) is 61.3 cm³/mol. The molecule has 0 aliphatic rings. The highest BCUT2D eigenvalue weighted by atomic mass is 19.1. The van der Waals surface area contributed by atoms with Gasteiger partial charge in [-0.25, -0.2) is 4.39 Å². The SMILES string of the molecule is CCCCC#Cc1ccc(F)cc1C(N)=O. The maximum absolute atomic E-state index is 12.9. The lowest BCUT2D eigenvalue weighted by molar-refractivity contribution is 0.0999. The number of unbranched alkanes of at least 4 members (excludes halogenated alkanes) is 2. The molecule has 0 bridgehead atoms. The third kappa shape index (κ3) is 3.39. The minimum Gasteiger partial charge on any atom is -0.366 e. The smallest absolute Gasteiger partial charge is 0.250 e. The van der Waals surface area contributed by atoms with Crippen LogP contribution in [0, 0.1) is 17.7 Å². The average molecular weight is 219 g/mol. The van der Waals surface area contributed by atoms with E-state index in [1.807, 2.05) is 0 Å². The van der Waals surface area contributed by atoms with Gasteiger partial charge in [0.2, 0.25) is 5.91 Å². The van der Waals surface area contributed by atoms with E-state index in [9.17, 15) is 9.18 Å². The molecule has 2 N–H and O–H groups in total. The number of hydrogen-bond donors (Lipinski definition) is 1. The molecule has 2 nitrogen and oxygen atoms in total. The molecule has 16 heavy (non-hydrogen) atoms. The molecule has 0 aromatic heterocycles. The van der Waals surface area contributed by atoms with E-state index in [2.05, 4.69) is 18.8 Å². The molecule has 0 atom stereocenters. The Bertz CT molecular complexity index is 443. The molecule has 1 rings (SSSR count). The number of primary amides is 1. The van der Waals surface area contributed by atoms with Crippen LogP contribution in [0.3, 0.4) is 0 Å². The zero-order valence-electron chi connectivity index (χ0n) is 9.22. The van der Waals surface area contributed by atoms with Crippen LogP contribution in [-0.2, 0) is 0 Å². The van der Waals surface area contributed by atoms with Crippen molar-refractivity contribution in [2.45, 2.75) is 26.2 Å². The zero-order chi connectivity index (χ0) is 12.0. The van der Waals surface area contributed by atoms with Gasteiger partial charge in [0.15, 0.2) is 0 Å². The Labute approximate surface area is 94.7 Å². The van der Waals surface area contributed by atoms with Crippen LogP contribution in [0.25, 0.3) is 0 Å². The van der Waals surface area contributed by atoms with E-state index in [1.165, 1.54) is 12.1 Å². The minimum atomic E-state index is -0.653. The molecule has 0 aliphatic carbocycles. The van der Waals surface area contributed by atoms with Crippen LogP contribution >= 0.6 is 0 Å². The second-order valence-electron chi connectivity index (χ2n) is 3.46. The number of benzene rings is 1. The fourth-order valence-corrected chi connectivity index (χ4v) is 1.25. The number of carbonyl (C=O) groups is 1. The van der Waals surface area contributed by atoms with Crippen LogP contribution < -0.4 is 5.73 Å². The lowest BCUT2D eigenvalue weighted by Crippen LogP contribution is -2.13. The summed E-state index contributed by atoms with van der Waals surface area (Å²) in [5.74, 6) is 4.64. The lowest BCUT2D eigenvalue weighted by atomic mass is 10.1. The zero-order valence-corrected chi connectivity index (χ0v) is 9.22. The number of nitrogens with two attached hydrogens (primary N) is 1. The molecule has 0 aliphatic heterocycles. The highest BCUT2D eigenvalue weighted by molar-refractivity contribution is 5.95. The van der Waals surface area contributed by atoms with Crippen LogP contribution in [-0.4, -0.2) is 5.91 Å². The Morgan fingerprint density at radius 3 is 2.88 bits per heavy atom. The van der Waals surface area contributed by atoms with Crippen LogP contribution in [0.15, 0.2) is 18.2 Å². The largest absolute Gasteiger partial charge is 0.366 e. The van der Waals surface area contributed by atoms with Crippen molar-refractivity contribution in [2.75, 3.05) is 0 Å². The molecule has 0 unspecified atom stereocenters. The van der Waals surface area contributed by atoms with Crippen LogP contribution in [0.2, 0.25) is 0 Å². The summed E-state index contributed by atoms with van der Waals surface area (Å²) in [7, 11) is 0. The first-order valence-corrected chi connectivity index (χ1v) is 5.23. The molecule has 0 radical (unpaired) electrons. The maximum atomic E-state index is 12.9. The van der Waals surface area contributed by atoms with E-state index in [0.29, 0.717) is 5.56 Å². The molecule has 0 saturated carbocycles. The third-order valence-electron chi connectivity index (χ3n) is 2.13. The van der Waals surface area contributed by atoms with Crippen molar-refractivity contribution >= 4 is 5.91 Å². The standard InChI is InChI=1S/C13H14FNO/c1-2-3-4-5-6-10-7-8-11(14)9-12(10)13(15)16/h7-9H,2-4H2,1H3,(H2,15,16). The summed E-state index contributed by atoms with van der Waals surface area (Å²) in [6, 6.07) is 3.87. The third-order valence-corrected chi connectivity index (χ3v) is 2.13. The summed E-state index contributed by atoms with van der Waals surface area (Å²) in [4.78, 5) is 11.1. The molecule has 0 fully saturated rings. The van der Waals surface area contributed by atoms with Gasteiger partial charge in [0.25, 0.3) is 0 Å². The number of hydrogen-bond acceptors (Lipinski definition) is 1. The van der Waals surface area contributed by atoms with E-state index in [1.54, 1.807) is 0 Å². The summed E-state index contributed by atoms with van der Waals surface area (Å²) >= 11 is 0. The van der Waals surface area contributed by atoms with Gasteiger partial charge in [-0.1, -0.05) is 25.2 Å². The van der Waals surface area contributed by atoms with Gasteiger partial charge in [0, 0.05) is 12.0 Å². The van der Waals surface area contributed by atoms with Crippen molar-refractivity contribution < 1.29 is 9.18 Å². The molecule has 1 aromatic rings. The van der Waals surface area contributed by atoms with Gasteiger partial charge >= 0.3 is 0 Å². The van der Waals surface area contributed by atoms with Gasteiger partial charge in [-0.05, 0) is 24.6 Å². The quantitative estimate of drug-likeness (QED) is 0.616. The van der Waals surface area contributed by atoms with Crippen molar-refractivity contribution in [2.24, 2.45) is 5.73 Å². The Balaban J connectivity index is 2.93. The van der Waals surface area contributed by atoms with Crippen molar-refractivity contribution in [3.63, 3.8) is 0 Å². The van der Waals surface area contributed by atoms with Crippen LogP contribution in [0.4, 0.5) is 4.39 Å². The molecule has 0 saturated heterocycles. The van der Waals surface area contributed by atoms with E-state index >= 15 is 0 Å². The van der Waals surface area contributed by atoms with Gasteiger partial charge in [-0.2, -0.15) is 0 Å². The molecule has 0 heterocycles. The fourth-order valence-electron chi connectivity index (χ4n) is 1.25. The van der Waals surface area contributed by atoms with Gasteiger partial charge in [-0.3, -0.25) is 4.79 Å². The average Bonchev–Trinajstić information content (AvgIpc) is 2.26. The summed E-state index contributed by atoms with van der Waals surface area (Å²) < 4.78 is 12.9. The highest BCUT2D eigenvalue weighted by Crippen LogP contribution is 2.09. The summed E-state index contributed by atoms with van der Waals surface area (Å²) in [6.07, 6.45) is 2.85. The molecular formula is C13H14FNO. The lowest BCUT2D eigenvalue weighted by Gasteiger charge is -1.99. The number of rotatable bonds is 3. The van der Waals surface area contributed by atoms with E-state index in [0.717, 1.165) is 25.3 Å². The van der Waals surface area contributed by atoms with Crippen molar-refractivity contribution in [1.29, 1.82) is 0 Å². The number of carbonyl (C=O) groups excluding carboxylic acids is 1. The Kier molecular flexibility index (Phi) is 4.53. The molecule has 1 aromatic carbocycles. The predicted octanol–water partition coefficient (Wildman–Crippen LogP) is 2.47. The molecule has 3 heteroatoms. The Hall–Kier alpha value is -1.82. The van der Waals surface area contributed by atoms with Gasteiger partial charge in [0.05, 0.1) is 5.56 Å². The molecule has 1 amide bonds. The first-order valence-electron chi connectivity index (χ1n) is 5.23. The minimum absolute atomic E-state index is 0.143. The second kappa shape index (κ2) is 5.92. The van der Waals surface area contributed by atoms with Crippen molar-refractivity contribution in [3.8, 4) is 11.8 Å². The second-order valence-corrected chi connectivity index (χ2v) is 3.46. The number of amides is 1. The molecule has 84 valence electrons. The molecular weight excluding hydrogens is 205 g/mol. The molecule has 0 spiro atoms. The Morgan fingerprint density at radius 1 is 1.50 bits per heavy atom. The van der Waals surface area contributed by atoms with Crippen LogP contribution in [0.1, 0.15) is 42.1 Å². The monoisotopic (exact) mass is 219 g/mol. The van der Waals surface area contributed by atoms with E-state index in [-0.39, 0.29) is 5.56 Å². The topological polar surface area (TPSA) is 43.1 Å². The van der Waals surface area contributed by atoms with Crippen molar-refractivity contribution in [1.82, 2.24) is 0 Å². The Morgan fingerprint density at radius 2 is 2.25 bits per heavy atom. The van der Waals surface area contributed by atoms with Gasteiger partial charge in [0.1, 0.15) is 5.82 Å². The summed E-state index contributed by atoms with van der Waals surface area (Å²) in [5.41, 5.74) is 5.77.